The molecule has 3 aliphatic rings. The van der Waals surface area contributed by atoms with Crippen molar-refractivity contribution in [1.82, 2.24) is 10.6 Å². The third-order valence-corrected chi connectivity index (χ3v) is 6.61. The molecule has 7 nitrogen and oxygen atoms in total. The monoisotopic (exact) mass is 374 g/mol. The number of carbonyl (C=O) groups excluding carboxylic acids is 1. The molecule has 3 fully saturated rings. The lowest BCUT2D eigenvalue weighted by Gasteiger charge is -2.51. The van der Waals surface area contributed by atoms with Crippen molar-refractivity contribution in [2.75, 3.05) is 12.8 Å². The first-order valence-electron chi connectivity index (χ1n) is 9.19. The van der Waals surface area contributed by atoms with Gasteiger partial charge in [0.15, 0.2) is 0 Å². The van der Waals surface area contributed by atoms with Gasteiger partial charge in [0, 0.05) is 0 Å². The van der Waals surface area contributed by atoms with E-state index in [9.17, 15) is 15.0 Å². The molecule has 3 saturated heterocycles. The maximum absolute atomic E-state index is 12.7. The number of nitrogens with one attached hydrogen (secondary N) is 2. The van der Waals surface area contributed by atoms with Gasteiger partial charge in [-0.1, -0.05) is 13.3 Å². The fourth-order valence-electron chi connectivity index (χ4n) is 4.14. The molecule has 0 spiro atoms. The number of carbonyl (C=O) groups is 1. The van der Waals surface area contributed by atoms with Gasteiger partial charge in [0.05, 0.1) is 18.2 Å². The number of amides is 1. The zero-order chi connectivity index (χ0) is 18.1. The van der Waals surface area contributed by atoms with Gasteiger partial charge in [0.25, 0.3) is 0 Å². The van der Waals surface area contributed by atoms with Crippen LogP contribution in [-0.4, -0.2) is 77.0 Å². The molecule has 0 saturated carbocycles. The minimum absolute atomic E-state index is 0.0697. The first-order chi connectivity index (χ1) is 12.0. The van der Waals surface area contributed by atoms with Crippen molar-refractivity contribution in [2.24, 2.45) is 5.92 Å². The van der Waals surface area contributed by atoms with Gasteiger partial charge in [-0.25, -0.2) is 0 Å². The Morgan fingerprint density at radius 1 is 1.28 bits per heavy atom. The van der Waals surface area contributed by atoms with E-state index in [2.05, 4.69) is 17.6 Å². The number of hydrogen-bond acceptors (Lipinski definition) is 7. The molecule has 0 aromatic heterocycles. The topological polar surface area (TPSA) is 100 Å². The Hall–Kier alpha value is -0.380. The molecule has 2 bridgehead atoms. The van der Waals surface area contributed by atoms with Crippen LogP contribution >= 0.6 is 11.8 Å². The standard InChI is InChI=1S/C17H30N2O5S/c1-4-9-5-6-18-10(7-9)16(22)19-11-8(2)23-15-12(20)14(11)24-17(25-3)13(15)21/h8-15,17-18,20-21H,4-7H2,1-3H3,(H,19,22). The highest BCUT2D eigenvalue weighted by Gasteiger charge is 2.54. The smallest absolute Gasteiger partial charge is 0.237 e. The van der Waals surface area contributed by atoms with E-state index >= 15 is 0 Å². The van der Waals surface area contributed by atoms with E-state index in [-0.39, 0.29) is 18.1 Å². The van der Waals surface area contributed by atoms with Gasteiger partial charge in [0.1, 0.15) is 29.9 Å². The largest absolute Gasteiger partial charge is 0.387 e. The molecular formula is C17H30N2O5S. The van der Waals surface area contributed by atoms with Crippen LogP contribution in [0.4, 0.5) is 0 Å². The number of aliphatic hydroxyl groups excluding tert-OH is 2. The predicted octanol–water partition coefficient (Wildman–Crippen LogP) is -0.154. The average Bonchev–Trinajstić information content (AvgIpc) is 2.62. The average molecular weight is 375 g/mol. The molecule has 0 aliphatic carbocycles. The zero-order valence-corrected chi connectivity index (χ0v) is 15.9. The Kier molecular flexibility index (Phi) is 6.28. The second-order valence-corrected chi connectivity index (χ2v) is 8.27. The minimum Gasteiger partial charge on any atom is -0.387 e. The van der Waals surface area contributed by atoms with Gasteiger partial charge in [0.2, 0.25) is 5.91 Å². The second-order valence-electron chi connectivity index (χ2n) is 7.33. The number of piperidine rings is 1. The summed E-state index contributed by atoms with van der Waals surface area (Å²) >= 11 is 1.38. The Balaban J connectivity index is 1.68. The fourth-order valence-corrected chi connectivity index (χ4v) is 4.82. The summed E-state index contributed by atoms with van der Waals surface area (Å²) in [6, 6.07) is -0.656. The molecule has 3 rings (SSSR count). The van der Waals surface area contributed by atoms with Crippen LogP contribution in [0.1, 0.15) is 33.1 Å². The molecule has 9 unspecified atom stereocenters. The number of fused-ring (bicyclic) bond motifs is 2. The van der Waals surface area contributed by atoms with Crippen LogP contribution in [0.2, 0.25) is 0 Å². The van der Waals surface area contributed by atoms with E-state index in [4.69, 9.17) is 9.47 Å². The molecule has 0 radical (unpaired) electrons. The van der Waals surface area contributed by atoms with Gasteiger partial charge in [-0.15, -0.1) is 11.8 Å². The van der Waals surface area contributed by atoms with Gasteiger partial charge in [-0.3, -0.25) is 4.79 Å². The van der Waals surface area contributed by atoms with E-state index in [0.29, 0.717) is 5.92 Å². The molecule has 9 atom stereocenters. The van der Waals surface area contributed by atoms with Crippen molar-refractivity contribution in [1.29, 1.82) is 0 Å². The summed E-state index contributed by atoms with van der Waals surface area (Å²) in [5.41, 5.74) is -0.470. The third-order valence-electron chi connectivity index (χ3n) is 5.76. The van der Waals surface area contributed by atoms with Gasteiger partial charge >= 0.3 is 0 Å². The van der Waals surface area contributed by atoms with Crippen LogP contribution in [0.5, 0.6) is 0 Å². The van der Waals surface area contributed by atoms with Crippen LogP contribution in [0, 0.1) is 5.92 Å². The Bertz CT molecular complexity index is 482. The SMILES string of the molecule is CCC1CCNC(C(=O)NC2C(C)OC3C(O)C(SC)OC2C3O)C1. The van der Waals surface area contributed by atoms with Crippen LogP contribution in [0.3, 0.4) is 0 Å². The number of rotatable bonds is 4. The summed E-state index contributed by atoms with van der Waals surface area (Å²) in [7, 11) is 0. The van der Waals surface area contributed by atoms with Crippen molar-refractivity contribution in [3.05, 3.63) is 0 Å². The summed E-state index contributed by atoms with van der Waals surface area (Å²) < 4.78 is 11.7. The molecule has 3 heterocycles. The molecule has 144 valence electrons. The van der Waals surface area contributed by atoms with Crippen molar-refractivity contribution in [3.63, 3.8) is 0 Å². The number of hydrogen-bond donors (Lipinski definition) is 4. The number of aliphatic hydroxyl groups is 2. The van der Waals surface area contributed by atoms with Crippen LogP contribution in [0.25, 0.3) is 0 Å². The summed E-state index contributed by atoms with van der Waals surface area (Å²) in [6.07, 6.45) is 1.40. The zero-order valence-electron chi connectivity index (χ0n) is 15.1. The quantitative estimate of drug-likeness (QED) is 0.543. The molecule has 25 heavy (non-hydrogen) atoms. The van der Waals surface area contributed by atoms with Gasteiger partial charge in [-0.2, -0.15) is 0 Å². The maximum atomic E-state index is 12.7. The number of ether oxygens (including phenoxy) is 2. The normalized spacial score (nSPS) is 47.3. The lowest BCUT2D eigenvalue weighted by atomic mass is 9.87. The highest BCUT2D eigenvalue weighted by atomic mass is 32.2. The first kappa shape index (κ1) is 19.4. The highest BCUT2D eigenvalue weighted by Crippen LogP contribution is 2.36. The fraction of sp³-hybridized carbons (Fsp3) is 0.941. The molecule has 3 aliphatic heterocycles. The molecule has 1 amide bonds. The van der Waals surface area contributed by atoms with Gasteiger partial charge in [-0.05, 0) is 38.5 Å². The Morgan fingerprint density at radius 2 is 2.04 bits per heavy atom. The van der Waals surface area contributed by atoms with Gasteiger partial charge < -0.3 is 30.3 Å². The van der Waals surface area contributed by atoms with E-state index in [0.717, 1.165) is 25.8 Å². The number of thioether (sulfide) groups is 1. The van der Waals surface area contributed by atoms with Crippen LogP contribution < -0.4 is 10.6 Å². The Labute approximate surface area is 153 Å². The predicted molar refractivity (Wildman–Crippen MR) is 95.3 cm³/mol. The van der Waals surface area contributed by atoms with Crippen LogP contribution in [-0.2, 0) is 14.3 Å². The molecule has 4 N–H and O–H groups in total. The summed E-state index contributed by atoms with van der Waals surface area (Å²) in [5.74, 6) is 0.494. The minimum atomic E-state index is -0.956. The summed E-state index contributed by atoms with van der Waals surface area (Å²) in [4.78, 5) is 12.7. The maximum Gasteiger partial charge on any atom is 0.237 e. The summed E-state index contributed by atoms with van der Waals surface area (Å²) in [6.45, 7) is 4.84. The van der Waals surface area contributed by atoms with Crippen LogP contribution in [0.15, 0.2) is 0 Å². The van der Waals surface area contributed by atoms with Crippen molar-refractivity contribution in [2.45, 2.75) is 81.1 Å². The lowest BCUT2D eigenvalue weighted by molar-refractivity contribution is -0.271. The summed E-state index contributed by atoms with van der Waals surface area (Å²) in [5, 5.41) is 27.1. The third kappa shape index (κ3) is 3.84. The highest BCUT2D eigenvalue weighted by molar-refractivity contribution is 7.99. The second kappa shape index (κ2) is 8.10. The van der Waals surface area contributed by atoms with Crippen molar-refractivity contribution < 1.29 is 24.5 Å². The Morgan fingerprint density at radius 3 is 2.72 bits per heavy atom. The van der Waals surface area contributed by atoms with E-state index < -0.39 is 35.9 Å². The molecule has 0 aromatic carbocycles. The van der Waals surface area contributed by atoms with E-state index in [1.54, 1.807) is 0 Å². The van der Waals surface area contributed by atoms with Crippen molar-refractivity contribution in [3.8, 4) is 0 Å². The molecule has 0 aromatic rings. The first-order valence-corrected chi connectivity index (χ1v) is 10.5. The molecule has 8 heteroatoms. The van der Waals surface area contributed by atoms with E-state index in [1.807, 2.05) is 13.2 Å². The molecular weight excluding hydrogens is 344 g/mol. The van der Waals surface area contributed by atoms with Crippen molar-refractivity contribution >= 4 is 17.7 Å². The lowest BCUT2D eigenvalue weighted by Crippen LogP contribution is -2.71. The van der Waals surface area contributed by atoms with E-state index in [1.165, 1.54) is 11.8 Å².